The largest absolute Gasteiger partial charge is 0.370 e. The van der Waals surface area contributed by atoms with Gasteiger partial charge >= 0.3 is 0 Å². The number of hydrogen-bond acceptors (Lipinski definition) is 5. The van der Waals surface area contributed by atoms with Gasteiger partial charge in [0.2, 0.25) is 5.91 Å². The van der Waals surface area contributed by atoms with Gasteiger partial charge in [0.05, 0.1) is 30.8 Å². The van der Waals surface area contributed by atoms with Crippen molar-refractivity contribution in [2.45, 2.75) is 45.1 Å². The fourth-order valence-electron chi connectivity index (χ4n) is 4.76. The molecular weight excluding hydrogens is 442 g/mol. The van der Waals surface area contributed by atoms with E-state index < -0.39 is 0 Å². The molecule has 0 unspecified atom stereocenters. The minimum atomic E-state index is -0.128. The van der Waals surface area contributed by atoms with E-state index in [9.17, 15) is 9.59 Å². The summed E-state index contributed by atoms with van der Waals surface area (Å²) >= 11 is 0. The van der Waals surface area contributed by atoms with Gasteiger partial charge in [-0.15, -0.1) is 0 Å². The van der Waals surface area contributed by atoms with Crippen LogP contribution in [0.4, 0.5) is 0 Å². The summed E-state index contributed by atoms with van der Waals surface area (Å²) in [5.41, 5.74) is 5.75. The highest BCUT2D eigenvalue weighted by Crippen LogP contribution is 2.24. The first-order valence-corrected chi connectivity index (χ1v) is 12.1. The van der Waals surface area contributed by atoms with Crippen LogP contribution >= 0.6 is 0 Å². The number of amides is 2. The van der Waals surface area contributed by atoms with Crippen molar-refractivity contribution in [3.63, 3.8) is 0 Å². The molecule has 2 aliphatic rings. The fraction of sp³-hybridized carbons (Fsp3) is 0.370. The van der Waals surface area contributed by atoms with Gasteiger partial charge in [-0.3, -0.25) is 14.5 Å². The standard InChI is InChI=1S/C27H31N5O3/c1-18-23(30-17-29-18)13-32-14-24-25(15-32)35-16-19-5-2-6-20(11-19)21-7-3-8-22(12-21)27(34)28-10-4-9-26(33)31-24/h2-3,5-8,11-12,17,24-25H,4,9-10,13-16H2,1H3,(H,28,34)(H,29,30)(H,31,33)/t24-,25-/m0/s1. The van der Waals surface area contributed by atoms with Crippen molar-refractivity contribution < 1.29 is 14.3 Å². The normalized spacial score (nSPS) is 21.6. The molecular formula is C27H31N5O3. The summed E-state index contributed by atoms with van der Waals surface area (Å²) in [6, 6.07) is 15.7. The molecule has 3 N–H and O–H groups in total. The van der Waals surface area contributed by atoms with Crippen molar-refractivity contribution in [2.75, 3.05) is 19.6 Å². The zero-order valence-corrected chi connectivity index (χ0v) is 19.9. The molecule has 2 atom stereocenters. The number of hydrogen-bond donors (Lipinski definition) is 3. The summed E-state index contributed by atoms with van der Waals surface area (Å²) in [7, 11) is 0. The third-order valence-electron chi connectivity index (χ3n) is 6.71. The number of carbonyl (C=O) groups excluding carboxylic acids is 2. The zero-order valence-electron chi connectivity index (χ0n) is 19.9. The first-order chi connectivity index (χ1) is 17.0. The molecule has 8 nitrogen and oxygen atoms in total. The summed E-state index contributed by atoms with van der Waals surface area (Å²) in [5.74, 6) is -0.153. The van der Waals surface area contributed by atoms with Crippen LogP contribution in [0.2, 0.25) is 0 Å². The Kier molecular flexibility index (Phi) is 6.92. The van der Waals surface area contributed by atoms with E-state index in [1.165, 1.54) is 0 Å². The molecule has 1 aromatic heterocycles. The Bertz CT molecular complexity index is 1210. The minimum absolute atomic E-state index is 0.0241. The molecule has 0 aliphatic carbocycles. The molecule has 1 saturated heterocycles. The molecule has 8 heteroatoms. The van der Waals surface area contributed by atoms with Crippen LogP contribution in [0.15, 0.2) is 54.9 Å². The van der Waals surface area contributed by atoms with E-state index in [1.54, 1.807) is 6.33 Å². The second-order valence-electron chi connectivity index (χ2n) is 9.33. The molecule has 3 heterocycles. The first kappa shape index (κ1) is 23.3. The molecule has 2 aromatic carbocycles. The van der Waals surface area contributed by atoms with Gasteiger partial charge in [-0.1, -0.05) is 30.3 Å². The molecule has 182 valence electrons. The van der Waals surface area contributed by atoms with Crippen molar-refractivity contribution in [1.82, 2.24) is 25.5 Å². The van der Waals surface area contributed by atoms with Crippen molar-refractivity contribution in [3.8, 4) is 11.1 Å². The molecule has 2 aliphatic heterocycles. The molecule has 0 spiro atoms. The second kappa shape index (κ2) is 10.4. The van der Waals surface area contributed by atoms with E-state index in [0.717, 1.165) is 34.6 Å². The molecule has 1 fully saturated rings. The van der Waals surface area contributed by atoms with E-state index in [1.807, 2.05) is 49.4 Å². The lowest BCUT2D eigenvalue weighted by atomic mass is 10.0. The third-order valence-corrected chi connectivity index (χ3v) is 6.71. The van der Waals surface area contributed by atoms with Gasteiger partial charge in [-0.2, -0.15) is 0 Å². The van der Waals surface area contributed by atoms with Crippen molar-refractivity contribution >= 4 is 11.8 Å². The summed E-state index contributed by atoms with van der Waals surface area (Å²) < 4.78 is 6.38. The highest BCUT2D eigenvalue weighted by Gasteiger charge is 2.35. The number of ether oxygens (including phenoxy) is 1. The minimum Gasteiger partial charge on any atom is -0.370 e. The summed E-state index contributed by atoms with van der Waals surface area (Å²) in [5, 5.41) is 6.11. The predicted molar refractivity (Wildman–Crippen MR) is 133 cm³/mol. The van der Waals surface area contributed by atoms with E-state index in [2.05, 4.69) is 31.6 Å². The highest BCUT2D eigenvalue weighted by atomic mass is 16.5. The summed E-state index contributed by atoms with van der Waals surface area (Å²) in [6.45, 7) is 5.03. The molecule has 0 saturated carbocycles. The second-order valence-corrected chi connectivity index (χ2v) is 9.33. The lowest BCUT2D eigenvalue weighted by Crippen LogP contribution is -2.44. The smallest absolute Gasteiger partial charge is 0.251 e. The number of rotatable bonds is 2. The van der Waals surface area contributed by atoms with Crippen molar-refractivity contribution in [2.24, 2.45) is 0 Å². The predicted octanol–water partition coefficient (Wildman–Crippen LogP) is 2.79. The number of aryl methyl sites for hydroxylation is 1. The lowest BCUT2D eigenvalue weighted by molar-refractivity contribution is -0.122. The Balaban J connectivity index is 1.37. The summed E-state index contributed by atoms with van der Waals surface area (Å²) in [6.07, 6.45) is 2.51. The number of benzene rings is 2. The number of likely N-dealkylation sites (tertiary alicyclic amines) is 1. The van der Waals surface area contributed by atoms with Crippen LogP contribution in [0.5, 0.6) is 0 Å². The highest BCUT2D eigenvalue weighted by molar-refractivity contribution is 5.95. The Morgan fingerprint density at radius 3 is 2.69 bits per heavy atom. The van der Waals surface area contributed by atoms with Gasteiger partial charge in [0.15, 0.2) is 0 Å². The lowest BCUT2D eigenvalue weighted by Gasteiger charge is -2.20. The quantitative estimate of drug-likeness (QED) is 0.532. The monoisotopic (exact) mass is 473 g/mol. The maximum atomic E-state index is 12.7. The van der Waals surface area contributed by atoms with Crippen LogP contribution < -0.4 is 10.6 Å². The molecule has 0 radical (unpaired) electrons. The number of aromatic amines is 1. The SMILES string of the molecule is Cc1[nH]cnc1CN1C[C@@H]2NC(=O)CCCNC(=O)c3cccc(c3)-c3cccc(c3)CO[C@H]2C1. The zero-order chi connectivity index (χ0) is 24.2. The molecule has 3 aromatic rings. The van der Waals surface area contributed by atoms with Gasteiger partial charge in [0.1, 0.15) is 0 Å². The maximum Gasteiger partial charge on any atom is 0.251 e. The van der Waals surface area contributed by atoms with Crippen molar-refractivity contribution in [3.05, 3.63) is 77.4 Å². The van der Waals surface area contributed by atoms with Crippen LogP contribution in [0, 0.1) is 6.92 Å². The van der Waals surface area contributed by atoms with E-state index in [-0.39, 0.29) is 24.0 Å². The van der Waals surface area contributed by atoms with E-state index in [4.69, 9.17) is 4.74 Å². The topological polar surface area (TPSA) is 99.4 Å². The number of H-pyrrole nitrogens is 1. The number of aromatic nitrogens is 2. The number of nitrogens with one attached hydrogen (secondary N) is 3. The van der Waals surface area contributed by atoms with Crippen LogP contribution in [-0.2, 0) is 22.7 Å². The van der Waals surface area contributed by atoms with E-state index >= 15 is 0 Å². The molecule has 5 rings (SSSR count). The first-order valence-electron chi connectivity index (χ1n) is 12.1. The fourth-order valence-corrected chi connectivity index (χ4v) is 4.76. The number of imidazole rings is 1. The summed E-state index contributed by atoms with van der Waals surface area (Å²) in [4.78, 5) is 35.2. The number of carbonyl (C=O) groups is 2. The Morgan fingerprint density at radius 2 is 1.86 bits per heavy atom. The van der Waals surface area contributed by atoms with Crippen LogP contribution in [-0.4, -0.2) is 58.5 Å². The van der Waals surface area contributed by atoms with Gasteiger partial charge in [-0.05, 0) is 48.2 Å². The average molecular weight is 474 g/mol. The average Bonchev–Trinajstić information content (AvgIpc) is 3.45. The maximum absolute atomic E-state index is 12.7. The van der Waals surface area contributed by atoms with Crippen LogP contribution in [0.1, 0.15) is 40.2 Å². The van der Waals surface area contributed by atoms with Gasteiger partial charge in [0.25, 0.3) is 5.91 Å². The Hall–Kier alpha value is -3.49. The molecule has 4 bridgehead atoms. The number of fused-ring (bicyclic) bond motifs is 6. The van der Waals surface area contributed by atoms with Crippen LogP contribution in [0.25, 0.3) is 11.1 Å². The third kappa shape index (κ3) is 5.61. The Morgan fingerprint density at radius 1 is 1.06 bits per heavy atom. The molecule has 35 heavy (non-hydrogen) atoms. The van der Waals surface area contributed by atoms with Crippen LogP contribution in [0.3, 0.4) is 0 Å². The molecule has 2 amide bonds. The number of nitrogens with zero attached hydrogens (tertiary/aromatic N) is 2. The van der Waals surface area contributed by atoms with E-state index in [0.29, 0.717) is 44.6 Å². The van der Waals surface area contributed by atoms with Gasteiger partial charge < -0.3 is 20.4 Å². The van der Waals surface area contributed by atoms with Crippen molar-refractivity contribution in [1.29, 1.82) is 0 Å². The van der Waals surface area contributed by atoms with Gasteiger partial charge in [0, 0.05) is 43.9 Å². The van der Waals surface area contributed by atoms with Gasteiger partial charge in [-0.25, -0.2) is 4.98 Å². The Labute approximate surface area is 205 Å².